The van der Waals surface area contributed by atoms with Crippen LogP contribution in [-0.2, 0) is 26.2 Å². The highest BCUT2D eigenvalue weighted by atomic mass is 32.2. The van der Waals surface area contributed by atoms with E-state index >= 15 is 0 Å². The van der Waals surface area contributed by atoms with Gasteiger partial charge in [0.15, 0.2) is 0 Å². The van der Waals surface area contributed by atoms with Crippen molar-refractivity contribution in [2.45, 2.75) is 57.7 Å². The fourth-order valence-corrected chi connectivity index (χ4v) is 5.17. The van der Waals surface area contributed by atoms with Crippen molar-refractivity contribution in [1.82, 2.24) is 10.2 Å². The lowest BCUT2D eigenvalue weighted by Gasteiger charge is -2.33. The van der Waals surface area contributed by atoms with Gasteiger partial charge in [0.05, 0.1) is 19.1 Å². The first-order valence-corrected chi connectivity index (χ1v) is 13.9. The number of nitrogens with one attached hydrogen (secondary N) is 1. The highest BCUT2D eigenvalue weighted by Gasteiger charge is 2.31. The third kappa shape index (κ3) is 7.43. The molecule has 2 amide bonds. The molecule has 1 aliphatic rings. The van der Waals surface area contributed by atoms with Crippen LogP contribution in [0.4, 0.5) is 10.1 Å². The second kappa shape index (κ2) is 12.2. The van der Waals surface area contributed by atoms with Crippen molar-refractivity contribution in [2.24, 2.45) is 0 Å². The molecule has 1 saturated carbocycles. The van der Waals surface area contributed by atoms with Gasteiger partial charge < -0.3 is 15.0 Å². The second-order valence-electron chi connectivity index (χ2n) is 9.14. The number of amides is 2. The summed E-state index contributed by atoms with van der Waals surface area (Å²) in [6, 6.07) is 11.3. The van der Waals surface area contributed by atoms with E-state index < -0.39 is 34.3 Å². The van der Waals surface area contributed by atoms with Gasteiger partial charge in [-0.05, 0) is 55.7 Å². The topological polar surface area (TPSA) is 96.0 Å². The zero-order valence-corrected chi connectivity index (χ0v) is 21.8. The number of rotatable bonds is 10. The van der Waals surface area contributed by atoms with Crippen LogP contribution in [-0.4, -0.2) is 57.1 Å². The van der Waals surface area contributed by atoms with Crippen molar-refractivity contribution in [1.29, 1.82) is 0 Å². The van der Waals surface area contributed by atoms with E-state index in [0.717, 1.165) is 54.3 Å². The molecule has 196 valence electrons. The van der Waals surface area contributed by atoms with Gasteiger partial charge in [-0.1, -0.05) is 37.5 Å². The molecule has 0 saturated heterocycles. The maximum atomic E-state index is 13.8. The Kier molecular flexibility index (Phi) is 9.31. The minimum absolute atomic E-state index is 0.0366. The maximum absolute atomic E-state index is 13.8. The van der Waals surface area contributed by atoms with Crippen LogP contribution in [0.3, 0.4) is 0 Å². The summed E-state index contributed by atoms with van der Waals surface area (Å²) in [5.74, 6) is -0.842. The van der Waals surface area contributed by atoms with Crippen molar-refractivity contribution in [2.75, 3.05) is 24.2 Å². The number of benzene rings is 2. The highest BCUT2D eigenvalue weighted by Crippen LogP contribution is 2.21. The number of sulfonamides is 1. The van der Waals surface area contributed by atoms with Crippen LogP contribution in [0.2, 0.25) is 0 Å². The molecular weight excluding hydrogens is 485 g/mol. The van der Waals surface area contributed by atoms with Crippen LogP contribution in [0, 0.1) is 5.82 Å². The molecule has 0 aliphatic heterocycles. The normalized spacial score (nSPS) is 15.1. The molecule has 10 heteroatoms. The second-order valence-corrected chi connectivity index (χ2v) is 11.0. The number of ether oxygens (including phenoxy) is 1. The molecule has 0 heterocycles. The molecule has 3 rings (SSSR count). The predicted octanol–water partition coefficient (Wildman–Crippen LogP) is 3.47. The first-order valence-electron chi connectivity index (χ1n) is 12.0. The van der Waals surface area contributed by atoms with Gasteiger partial charge in [0.1, 0.15) is 24.2 Å². The van der Waals surface area contributed by atoms with Crippen LogP contribution in [0.25, 0.3) is 0 Å². The molecule has 1 atom stereocenters. The number of hydrogen-bond donors (Lipinski definition) is 1. The number of methoxy groups -OCH3 is 1. The molecule has 0 unspecified atom stereocenters. The predicted molar refractivity (Wildman–Crippen MR) is 137 cm³/mol. The van der Waals surface area contributed by atoms with Gasteiger partial charge in [-0.25, -0.2) is 12.8 Å². The summed E-state index contributed by atoms with van der Waals surface area (Å²) in [4.78, 5) is 28.0. The summed E-state index contributed by atoms with van der Waals surface area (Å²) >= 11 is 0. The minimum atomic E-state index is -3.91. The highest BCUT2D eigenvalue weighted by molar-refractivity contribution is 7.92. The first-order chi connectivity index (χ1) is 17.1. The van der Waals surface area contributed by atoms with Gasteiger partial charge >= 0.3 is 0 Å². The molecule has 2 aromatic carbocycles. The van der Waals surface area contributed by atoms with Crippen molar-refractivity contribution < 1.29 is 27.1 Å². The molecule has 1 aliphatic carbocycles. The molecule has 0 spiro atoms. The summed E-state index contributed by atoms with van der Waals surface area (Å²) in [6.45, 7) is 1.15. The number of anilines is 1. The summed E-state index contributed by atoms with van der Waals surface area (Å²) in [6.07, 6.45) is 5.98. The number of carbonyl (C=O) groups is 2. The van der Waals surface area contributed by atoms with E-state index in [-0.39, 0.29) is 24.2 Å². The van der Waals surface area contributed by atoms with Gasteiger partial charge in [-0.15, -0.1) is 0 Å². The van der Waals surface area contributed by atoms with Crippen molar-refractivity contribution in [3.63, 3.8) is 0 Å². The lowest BCUT2D eigenvalue weighted by atomic mass is 9.95. The number of halogens is 1. The molecule has 0 aromatic heterocycles. The zero-order valence-electron chi connectivity index (χ0n) is 20.9. The fourth-order valence-electron chi connectivity index (χ4n) is 4.32. The Morgan fingerprint density at radius 3 is 2.36 bits per heavy atom. The van der Waals surface area contributed by atoms with Crippen molar-refractivity contribution in [3.05, 3.63) is 59.9 Å². The molecule has 8 nitrogen and oxygen atoms in total. The smallest absolute Gasteiger partial charge is 0.244 e. The summed E-state index contributed by atoms with van der Waals surface area (Å²) < 4.78 is 45.0. The summed E-state index contributed by atoms with van der Waals surface area (Å²) in [5, 5.41) is 3.05. The Balaban J connectivity index is 1.86. The molecular formula is C26H34FN3O5S. The summed E-state index contributed by atoms with van der Waals surface area (Å²) in [5.41, 5.74) is 0.785. The van der Waals surface area contributed by atoms with Crippen LogP contribution in [0.15, 0.2) is 48.5 Å². The average Bonchev–Trinajstić information content (AvgIpc) is 2.85. The Morgan fingerprint density at radius 1 is 1.11 bits per heavy atom. The van der Waals surface area contributed by atoms with Crippen LogP contribution < -0.4 is 14.4 Å². The Labute approximate surface area is 212 Å². The molecule has 2 aromatic rings. The van der Waals surface area contributed by atoms with E-state index in [4.69, 9.17) is 4.74 Å². The average molecular weight is 520 g/mol. The Hall–Kier alpha value is -3.14. The maximum Gasteiger partial charge on any atom is 0.244 e. The number of hydrogen-bond acceptors (Lipinski definition) is 5. The first kappa shape index (κ1) is 27.4. The zero-order chi connectivity index (χ0) is 26.3. The van der Waals surface area contributed by atoms with Gasteiger partial charge in [-0.3, -0.25) is 13.9 Å². The lowest BCUT2D eigenvalue weighted by molar-refractivity contribution is -0.139. The van der Waals surface area contributed by atoms with Gasteiger partial charge in [0, 0.05) is 12.6 Å². The standard InChI is InChI=1S/C26H34FN3O5S/c1-19(26(32)28-22-9-5-4-6-10-22)29(17-20-12-14-24(35-2)15-13-20)25(31)18-30(36(3,33)34)23-11-7-8-21(27)16-23/h7-8,11-16,19,22H,4-6,9-10,17-18H2,1-3H3,(H,28,32)/t19-/m0/s1. The molecule has 1 N–H and O–H groups in total. The van der Waals surface area contributed by atoms with Crippen molar-refractivity contribution in [3.8, 4) is 5.75 Å². The molecule has 0 radical (unpaired) electrons. The van der Waals surface area contributed by atoms with Crippen LogP contribution in [0.1, 0.15) is 44.6 Å². The molecule has 0 bridgehead atoms. The monoisotopic (exact) mass is 519 g/mol. The van der Waals surface area contributed by atoms with Crippen LogP contribution in [0.5, 0.6) is 5.75 Å². The fraction of sp³-hybridized carbons (Fsp3) is 0.462. The minimum Gasteiger partial charge on any atom is -0.497 e. The third-order valence-electron chi connectivity index (χ3n) is 6.41. The van der Waals surface area contributed by atoms with E-state index in [1.54, 1.807) is 38.3 Å². The third-order valence-corrected chi connectivity index (χ3v) is 7.55. The SMILES string of the molecule is COc1ccc(CN(C(=O)CN(c2cccc(F)c2)S(C)(=O)=O)[C@@H](C)C(=O)NC2CCCCC2)cc1. The lowest BCUT2D eigenvalue weighted by Crippen LogP contribution is -2.52. The van der Waals surface area contributed by atoms with Crippen molar-refractivity contribution >= 4 is 27.5 Å². The number of carbonyl (C=O) groups excluding carboxylic acids is 2. The van der Waals surface area contributed by atoms with Crippen LogP contribution >= 0.6 is 0 Å². The van der Waals surface area contributed by atoms with Gasteiger partial charge in [0.2, 0.25) is 21.8 Å². The van der Waals surface area contributed by atoms with E-state index in [9.17, 15) is 22.4 Å². The largest absolute Gasteiger partial charge is 0.497 e. The molecule has 36 heavy (non-hydrogen) atoms. The summed E-state index contributed by atoms with van der Waals surface area (Å²) in [7, 11) is -2.36. The number of nitrogens with zero attached hydrogens (tertiary/aromatic N) is 2. The van der Waals surface area contributed by atoms with E-state index in [1.165, 1.54) is 23.1 Å². The van der Waals surface area contributed by atoms with E-state index in [0.29, 0.717) is 5.75 Å². The molecule has 1 fully saturated rings. The Bertz CT molecular complexity index is 1150. The van der Waals surface area contributed by atoms with Gasteiger partial charge in [0.25, 0.3) is 0 Å². The van der Waals surface area contributed by atoms with Gasteiger partial charge in [-0.2, -0.15) is 0 Å². The van der Waals surface area contributed by atoms with E-state index in [2.05, 4.69) is 5.32 Å². The van der Waals surface area contributed by atoms with E-state index in [1.807, 2.05) is 0 Å². The Morgan fingerprint density at radius 2 is 1.78 bits per heavy atom. The quantitative estimate of drug-likeness (QED) is 0.519.